The molecule has 29 heavy (non-hydrogen) atoms. The van der Waals surface area contributed by atoms with E-state index in [2.05, 4.69) is 10.4 Å². The van der Waals surface area contributed by atoms with Crippen molar-refractivity contribution in [3.8, 4) is 11.5 Å². The molecule has 0 spiro atoms. The molecule has 150 valence electrons. The number of benzene rings is 2. The van der Waals surface area contributed by atoms with Crippen LogP contribution < -0.4 is 14.8 Å². The maximum atomic E-state index is 12.6. The number of carbonyl (C=O) groups excluding carboxylic acids is 1. The van der Waals surface area contributed by atoms with E-state index in [1.165, 1.54) is 0 Å². The van der Waals surface area contributed by atoms with Crippen LogP contribution in [0.2, 0.25) is 10.0 Å². The smallest absolute Gasteiger partial charge is 0.229 e. The fourth-order valence-electron chi connectivity index (χ4n) is 3.09. The van der Waals surface area contributed by atoms with Gasteiger partial charge in [0.25, 0.3) is 0 Å². The second kappa shape index (κ2) is 8.76. The van der Waals surface area contributed by atoms with E-state index < -0.39 is 0 Å². The van der Waals surface area contributed by atoms with Gasteiger partial charge in [-0.2, -0.15) is 5.10 Å². The van der Waals surface area contributed by atoms with Crippen molar-refractivity contribution in [1.82, 2.24) is 9.78 Å². The maximum absolute atomic E-state index is 12.6. The molecular weight excluding hydrogens is 413 g/mol. The molecule has 2 heterocycles. The lowest BCUT2D eigenvalue weighted by molar-refractivity contribution is -0.115. The van der Waals surface area contributed by atoms with Crippen LogP contribution in [0.1, 0.15) is 17.5 Å². The summed E-state index contributed by atoms with van der Waals surface area (Å²) in [6, 6.07) is 12.8. The van der Waals surface area contributed by atoms with Gasteiger partial charge in [0.2, 0.25) is 5.91 Å². The van der Waals surface area contributed by atoms with Gasteiger partial charge in [-0.3, -0.25) is 4.79 Å². The predicted molar refractivity (Wildman–Crippen MR) is 112 cm³/mol. The molecule has 1 aliphatic heterocycles. The standard InChI is InChI=1S/C21H19Cl2N3O3/c22-16-4-2-14(3-5-16)13-26-19(6-7-24-26)25-20(27)12-15-10-17(23)21-18(11-15)28-8-1-9-29-21/h2-7,10-11H,1,8-9,12-13H2,(H,25,27). The fourth-order valence-corrected chi connectivity index (χ4v) is 3.50. The van der Waals surface area contributed by atoms with E-state index in [1.807, 2.05) is 24.3 Å². The van der Waals surface area contributed by atoms with Crippen molar-refractivity contribution in [2.45, 2.75) is 19.4 Å². The quantitative estimate of drug-likeness (QED) is 0.641. The summed E-state index contributed by atoms with van der Waals surface area (Å²) in [6.45, 7) is 1.64. The van der Waals surface area contributed by atoms with Crippen molar-refractivity contribution in [2.24, 2.45) is 0 Å². The lowest BCUT2D eigenvalue weighted by atomic mass is 10.1. The average molecular weight is 432 g/mol. The highest BCUT2D eigenvalue weighted by atomic mass is 35.5. The monoisotopic (exact) mass is 431 g/mol. The first kappa shape index (κ1) is 19.6. The van der Waals surface area contributed by atoms with Crippen LogP contribution in [0.3, 0.4) is 0 Å². The molecule has 0 aliphatic carbocycles. The summed E-state index contributed by atoms with van der Waals surface area (Å²) in [5.74, 6) is 1.55. The summed E-state index contributed by atoms with van der Waals surface area (Å²) in [4.78, 5) is 12.6. The van der Waals surface area contributed by atoms with Gasteiger partial charge in [0.1, 0.15) is 5.82 Å². The molecule has 8 heteroatoms. The molecule has 0 radical (unpaired) electrons. The minimum atomic E-state index is -0.173. The molecule has 0 bridgehead atoms. The van der Waals surface area contributed by atoms with E-state index in [-0.39, 0.29) is 12.3 Å². The molecule has 1 aromatic heterocycles. The summed E-state index contributed by atoms with van der Waals surface area (Å²) in [5, 5.41) is 8.31. The van der Waals surface area contributed by atoms with E-state index in [4.69, 9.17) is 32.7 Å². The van der Waals surface area contributed by atoms with Gasteiger partial charge in [-0.05, 0) is 35.4 Å². The Hall–Kier alpha value is -2.70. The average Bonchev–Trinajstić information content (AvgIpc) is 2.96. The molecule has 0 fully saturated rings. The topological polar surface area (TPSA) is 65.4 Å². The van der Waals surface area contributed by atoms with Gasteiger partial charge in [0.15, 0.2) is 11.5 Å². The van der Waals surface area contributed by atoms with Gasteiger partial charge in [-0.25, -0.2) is 4.68 Å². The second-order valence-electron chi connectivity index (χ2n) is 6.68. The van der Waals surface area contributed by atoms with E-state index >= 15 is 0 Å². The third-order valence-electron chi connectivity index (χ3n) is 4.46. The van der Waals surface area contributed by atoms with Crippen LogP contribution in [0.5, 0.6) is 11.5 Å². The summed E-state index contributed by atoms with van der Waals surface area (Å²) in [6.07, 6.45) is 2.59. The predicted octanol–water partition coefficient (Wildman–Crippen LogP) is 4.58. The maximum Gasteiger partial charge on any atom is 0.229 e. The molecule has 1 amide bonds. The Labute approximate surface area is 178 Å². The van der Waals surface area contributed by atoms with Gasteiger partial charge in [0, 0.05) is 17.5 Å². The van der Waals surface area contributed by atoms with Crippen LogP contribution in [-0.4, -0.2) is 28.9 Å². The summed E-state index contributed by atoms with van der Waals surface area (Å²) < 4.78 is 13.0. The van der Waals surface area contributed by atoms with Crippen LogP contribution in [0.25, 0.3) is 0 Å². The van der Waals surface area contributed by atoms with Crippen molar-refractivity contribution in [3.05, 3.63) is 69.8 Å². The molecule has 0 saturated carbocycles. The molecule has 4 rings (SSSR count). The van der Waals surface area contributed by atoms with Crippen molar-refractivity contribution in [1.29, 1.82) is 0 Å². The van der Waals surface area contributed by atoms with Crippen molar-refractivity contribution in [2.75, 3.05) is 18.5 Å². The minimum absolute atomic E-state index is 0.155. The van der Waals surface area contributed by atoms with Gasteiger partial charge >= 0.3 is 0 Å². The summed E-state index contributed by atoms with van der Waals surface area (Å²) in [5.41, 5.74) is 1.78. The minimum Gasteiger partial charge on any atom is -0.489 e. The number of carbonyl (C=O) groups is 1. The number of ether oxygens (including phenoxy) is 2. The van der Waals surface area contributed by atoms with Crippen LogP contribution in [0.4, 0.5) is 5.82 Å². The zero-order valence-electron chi connectivity index (χ0n) is 15.5. The van der Waals surface area contributed by atoms with E-state index in [0.29, 0.717) is 47.1 Å². The molecule has 0 unspecified atom stereocenters. The second-order valence-corrected chi connectivity index (χ2v) is 7.52. The Bertz CT molecular complexity index is 1020. The first-order valence-electron chi connectivity index (χ1n) is 9.22. The first-order valence-corrected chi connectivity index (χ1v) is 9.98. The van der Waals surface area contributed by atoms with Crippen LogP contribution in [0, 0.1) is 0 Å². The van der Waals surface area contributed by atoms with Crippen molar-refractivity contribution in [3.63, 3.8) is 0 Å². The zero-order valence-corrected chi connectivity index (χ0v) is 17.0. The third-order valence-corrected chi connectivity index (χ3v) is 4.99. The van der Waals surface area contributed by atoms with Crippen LogP contribution >= 0.6 is 23.2 Å². The Morgan fingerprint density at radius 3 is 2.69 bits per heavy atom. The molecule has 3 aromatic rings. The third kappa shape index (κ3) is 4.83. The lowest BCUT2D eigenvalue weighted by Crippen LogP contribution is -2.18. The Balaban J connectivity index is 1.44. The van der Waals surface area contributed by atoms with Gasteiger partial charge < -0.3 is 14.8 Å². The normalized spacial score (nSPS) is 13.0. The van der Waals surface area contributed by atoms with Gasteiger partial charge in [-0.1, -0.05) is 35.3 Å². The van der Waals surface area contributed by atoms with E-state index in [1.54, 1.807) is 29.1 Å². The highest BCUT2D eigenvalue weighted by Crippen LogP contribution is 2.38. The van der Waals surface area contributed by atoms with Gasteiger partial charge in [0.05, 0.1) is 37.4 Å². The number of rotatable bonds is 5. The first-order chi connectivity index (χ1) is 14.1. The number of hydrogen-bond acceptors (Lipinski definition) is 4. The summed E-state index contributed by atoms with van der Waals surface area (Å²) in [7, 11) is 0. The number of fused-ring (bicyclic) bond motifs is 1. The molecule has 2 aromatic carbocycles. The number of hydrogen-bond donors (Lipinski definition) is 1. The SMILES string of the molecule is O=C(Cc1cc(Cl)c2c(c1)OCCCO2)Nc1ccnn1Cc1ccc(Cl)cc1. The molecule has 0 saturated heterocycles. The number of nitrogens with zero attached hydrogens (tertiary/aromatic N) is 2. The van der Waals surface area contributed by atoms with Gasteiger partial charge in [-0.15, -0.1) is 0 Å². The Kier molecular flexibility index (Phi) is 5.92. The van der Waals surface area contributed by atoms with Crippen molar-refractivity contribution < 1.29 is 14.3 Å². The zero-order chi connectivity index (χ0) is 20.2. The van der Waals surface area contributed by atoms with E-state index in [0.717, 1.165) is 17.5 Å². The number of aromatic nitrogens is 2. The van der Waals surface area contributed by atoms with Crippen LogP contribution in [0.15, 0.2) is 48.7 Å². The number of nitrogens with one attached hydrogen (secondary N) is 1. The molecule has 1 aliphatic rings. The largest absolute Gasteiger partial charge is 0.489 e. The molecule has 1 N–H and O–H groups in total. The molecule has 6 nitrogen and oxygen atoms in total. The Morgan fingerprint density at radius 2 is 1.86 bits per heavy atom. The Morgan fingerprint density at radius 1 is 1.07 bits per heavy atom. The number of halogens is 2. The van der Waals surface area contributed by atoms with Crippen molar-refractivity contribution >= 4 is 34.9 Å². The molecule has 0 atom stereocenters. The van der Waals surface area contributed by atoms with E-state index in [9.17, 15) is 4.79 Å². The highest BCUT2D eigenvalue weighted by Gasteiger charge is 2.17. The number of amides is 1. The highest BCUT2D eigenvalue weighted by molar-refractivity contribution is 6.32. The summed E-state index contributed by atoms with van der Waals surface area (Å²) >= 11 is 12.2. The van der Waals surface area contributed by atoms with Crippen LogP contribution in [-0.2, 0) is 17.8 Å². The fraction of sp³-hybridized carbons (Fsp3) is 0.238. The lowest BCUT2D eigenvalue weighted by Gasteiger charge is -2.12. The number of anilines is 1. The molecular formula is C21H19Cl2N3O3.